The lowest BCUT2D eigenvalue weighted by atomic mass is 10.0. The first-order valence-corrected chi connectivity index (χ1v) is 6.72. The number of aliphatic hydroxyl groups is 1. The molecule has 0 radical (unpaired) electrons. The van der Waals surface area contributed by atoms with Gasteiger partial charge in [-0.1, -0.05) is 38.3 Å². The second-order valence-electron chi connectivity index (χ2n) is 3.98. The Morgan fingerprint density at radius 1 is 1.20 bits per heavy atom. The van der Waals surface area contributed by atoms with Crippen LogP contribution in [0, 0.1) is 3.57 Å². The summed E-state index contributed by atoms with van der Waals surface area (Å²) in [5, 5.41) is 9.80. The average molecular weight is 318 g/mol. The molecule has 0 amide bonds. The second kappa shape index (κ2) is 7.23. The van der Waals surface area contributed by atoms with Gasteiger partial charge in [-0.15, -0.1) is 0 Å². The van der Waals surface area contributed by atoms with Gasteiger partial charge in [-0.25, -0.2) is 0 Å². The molecule has 0 bridgehead atoms. The van der Waals surface area contributed by atoms with Crippen molar-refractivity contribution >= 4 is 22.6 Å². The number of unbranched alkanes of at least 4 members (excludes halogenated alkanes) is 2. The molecule has 1 unspecified atom stereocenters. The zero-order valence-electron chi connectivity index (χ0n) is 9.25. The van der Waals surface area contributed by atoms with Crippen molar-refractivity contribution in [2.75, 3.05) is 0 Å². The van der Waals surface area contributed by atoms with Crippen LogP contribution in [0.3, 0.4) is 0 Å². The highest BCUT2D eigenvalue weighted by Crippen LogP contribution is 2.12. The van der Waals surface area contributed by atoms with Gasteiger partial charge in [0.1, 0.15) is 0 Å². The molecule has 0 heterocycles. The highest BCUT2D eigenvalue weighted by molar-refractivity contribution is 14.1. The standard InChI is InChI=1S/C13H19IO/c1-2-3-4-5-13(15)10-11-6-8-12(14)9-7-11/h6-9,13,15H,2-5,10H2,1H3. The summed E-state index contributed by atoms with van der Waals surface area (Å²) in [5.41, 5.74) is 1.24. The third-order valence-corrected chi connectivity index (χ3v) is 3.24. The predicted molar refractivity (Wildman–Crippen MR) is 73.0 cm³/mol. The predicted octanol–water partition coefficient (Wildman–Crippen LogP) is 3.77. The van der Waals surface area contributed by atoms with Gasteiger partial charge in [-0.3, -0.25) is 0 Å². The van der Waals surface area contributed by atoms with E-state index in [-0.39, 0.29) is 6.10 Å². The van der Waals surface area contributed by atoms with Crippen LogP contribution >= 0.6 is 22.6 Å². The molecule has 1 aromatic rings. The Bertz CT molecular complexity index is 268. The smallest absolute Gasteiger partial charge is 0.0580 e. The molecule has 0 saturated carbocycles. The van der Waals surface area contributed by atoms with Crippen molar-refractivity contribution in [3.05, 3.63) is 33.4 Å². The fourth-order valence-corrected chi connectivity index (χ4v) is 1.98. The van der Waals surface area contributed by atoms with E-state index in [1.165, 1.54) is 22.0 Å². The molecule has 0 spiro atoms. The lowest BCUT2D eigenvalue weighted by Crippen LogP contribution is -2.10. The van der Waals surface area contributed by atoms with Gasteiger partial charge in [0.25, 0.3) is 0 Å². The molecule has 15 heavy (non-hydrogen) atoms. The molecule has 0 aromatic heterocycles. The van der Waals surface area contributed by atoms with E-state index < -0.39 is 0 Å². The monoisotopic (exact) mass is 318 g/mol. The maximum atomic E-state index is 9.80. The molecule has 0 saturated heterocycles. The summed E-state index contributed by atoms with van der Waals surface area (Å²) in [6.45, 7) is 2.19. The van der Waals surface area contributed by atoms with Crippen molar-refractivity contribution in [2.24, 2.45) is 0 Å². The zero-order chi connectivity index (χ0) is 11.1. The fraction of sp³-hybridized carbons (Fsp3) is 0.538. The molecule has 1 aromatic carbocycles. The van der Waals surface area contributed by atoms with Gasteiger partial charge >= 0.3 is 0 Å². The van der Waals surface area contributed by atoms with E-state index >= 15 is 0 Å². The maximum absolute atomic E-state index is 9.80. The van der Waals surface area contributed by atoms with Crippen molar-refractivity contribution < 1.29 is 5.11 Å². The third-order valence-electron chi connectivity index (χ3n) is 2.53. The summed E-state index contributed by atoms with van der Waals surface area (Å²) in [5.74, 6) is 0. The van der Waals surface area contributed by atoms with E-state index in [1.807, 2.05) is 0 Å². The molecule has 0 aliphatic carbocycles. The van der Waals surface area contributed by atoms with Gasteiger partial charge in [0.05, 0.1) is 6.10 Å². The molecule has 0 aliphatic rings. The molecule has 0 aliphatic heterocycles. The summed E-state index contributed by atoms with van der Waals surface area (Å²) < 4.78 is 1.25. The Balaban J connectivity index is 2.31. The minimum Gasteiger partial charge on any atom is -0.393 e. The summed E-state index contributed by atoms with van der Waals surface area (Å²) in [7, 11) is 0. The van der Waals surface area contributed by atoms with Crippen molar-refractivity contribution in [3.63, 3.8) is 0 Å². The molecule has 1 nitrogen and oxygen atoms in total. The molecular formula is C13H19IO. The van der Waals surface area contributed by atoms with E-state index in [0.717, 1.165) is 19.3 Å². The first-order valence-electron chi connectivity index (χ1n) is 5.65. The summed E-state index contributed by atoms with van der Waals surface area (Å²) >= 11 is 2.30. The largest absolute Gasteiger partial charge is 0.393 e. The molecule has 0 fully saturated rings. The molecule has 1 N–H and O–H groups in total. The Hall–Kier alpha value is -0.0900. The van der Waals surface area contributed by atoms with Crippen LogP contribution in [0.4, 0.5) is 0 Å². The Kier molecular flexibility index (Phi) is 6.25. The minimum atomic E-state index is -0.170. The van der Waals surface area contributed by atoms with Crippen LogP contribution in [0.1, 0.15) is 38.2 Å². The quantitative estimate of drug-likeness (QED) is 0.625. The summed E-state index contributed by atoms with van der Waals surface area (Å²) in [6.07, 6.45) is 5.14. The highest BCUT2D eigenvalue weighted by Gasteiger charge is 2.04. The lowest BCUT2D eigenvalue weighted by molar-refractivity contribution is 0.161. The second-order valence-corrected chi connectivity index (χ2v) is 5.23. The molecule has 1 rings (SSSR count). The first-order chi connectivity index (χ1) is 7.22. The van der Waals surface area contributed by atoms with Crippen molar-refractivity contribution in [3.8, 4) is 0 Å². The number of hydrogen-bond acceptors (Lipinski definition) is 1. The van der Waals surface area contributed by atoms with E-state index in [4.69, 9.17) is 0 Å². The minimum absolute atomic E-state index is 0.170. The molecule has 1 atom stereocenters. The first kappa shape index (κ1) is 13.0. The third kappa shape index (κ3) is 5.52. The van der Waals surface area contributed by atoms with Gasteiger partial charge in [0, 0.05) is 3.57 Å². The number of benzene rings is 1. The van der Waals surface area contributed by atoms with Crippen LogP contribution in [-0.2, 0) is 6.42 Å². The topological polar surface area (TPSA) is 20.2 Å². The van der Waals surface area contributed by atoms with E-state index in [9.17, 15) is 5.11 Å². The fourth-order valence-electron chi connectivity index (χ4n) is 1.62. The number of halogens is 1. The van der Waals surface area contributed by atoms with E-state index in [0.29, 0.717) is 0 Å². The van der Waals surface area contributed by atoms with Crippen LogP contribution in [0.2, 0.25) is 0 Å². The van der Waals surface area contributed by atoms with E-state index in [1.54, 1.807) is 0 Å². The molecule has 2 heteroatoms. The maximum Gasteiger partial charge on any atom is 0.0580 e. The van der Waals surface area contributed by atoms with Crippen molar-refractivity contribution in [2.45, 2.75) is 45.1 Å². The molecular weight excluding hydrogens is 299 g/mol. The summed E-state index contributed by atoms with van der Waals surface area (Å²) in [6, 6.07) is 8.39. The normalized spacial score (nSPS) is 12.7. The Labute approximate surface area is 106 Å². The van der Waals surface area contributed by atoms with Gasteiger partial charge in [0.2, 0.25) is 0 Å². The average Bonchev–Trinajstić information content (AvgIpc) is 2.22. The van der Waals surface area contributed by atoms with Crippen LogP contribution in [0.5, 0.6) is 0 Å². The SMILES string of the molecule is CCCCCC(O)Cc1ccc(I)cc1. The number of hydrogen-bond donors (Lipinski definition) is 1. The van der Waals surface area contributed by atoms with Crippen LogP contribution in [-0.4, -0.2) is 11.2 Å². The van der Waals surface area contributed by atoms with Gasteiger partial charge < -0.3 is 5.11 Å². The van der Waals surface area contributed by atoms with Gasteiger partial charge in [-0.05, 0) is 53.1 Å². The number of aliphatic hydroxyl groups excluding tert-OH is 1. The number of rotatable bonds is 6. The lowest BCUT2D eigenvalue weighted by Gasteiger charge is -2.10. The van der Waals surface area contributed by atoms with Crippen LogP contribution < -0.4 is 0 Å². The Morgan fingerprint density at radius 3 is 2.47 bits per heavy atom. The summed E-state index contributed by atoms with van der Waals surface area (Å²) in [4.78, 5) is 0. The van der Waals surface area contributed by atoms with Crippen LogP contribution in [0.25, 0.3) is 0 Å². The Morgan fingerprint density at radius 2 is 1.87 bits per heavy atom. The molecule has 84 valence electrons. The zero-order valence-corrected chi connectivity index (χ0v) is 11.4. The van der Waals surface area contributed by atoms with E-state index in [2.05, 4.69) is 53.8 Å². The van der Waals surface area contributed by atoms with Crippen molar-refractivity contribution in [1.29, 1.82) is 0 Å². The van der Waals surface area contributed by atoms with Gasteiger partial charge in [0.15, 0.2) is 0 Å². The van der Waals surface area contributed by atoms with Gasteiger partial charge in [-0.2, -0.15) is 0 Å². The highest BCUT2D eigenvalue weighted by atomic mass is 127. The van der Waals surface area contributed by atoms with Crippen molar-refractivity contribution in [1.82, 2.24) is 0 Å². The van der Waals surface area contributed by atoms with Crippen LogP contribution in [0.15, 0.2) is 24.3 Å².